The highest BCUT2D eigenvalue weighted by Gasteiger charge is 1.90. The molecule has 14 heavy (non-hydrogen) atoms. The van der Waals surface area contributed by atoms with Crippen LogP contribution in [0.1, 0.15) is 13.8 Å². The van der Waals surface area contributed by atoms with Gasteiger partial charge in [-0.25, -0.2) is 4.79 Å². The van der Waals surface area contributed by atoms with Crippen LogP contribution in [0.15, 0.2) is 12.7 Å². The molecule has 0 aromatic rings. The molecule has 0 saturated carbocycles. The summed E-state index contributed by atoms with van der Waals surface area (Å²) in [5.74, 6) is -0.712. The van der Waals surface area contributed by atoms with Crippen LogP contribution in [0.4, 0.5) is 0 Å². The molecule has 0 aliphatic carbocycles. The first-order chi connectivity index (χ1) is 6.58. The van der Waals surface area contributed by atoms with Gasteiger partial charge in [0.15, 0.2) is 0 Å². The number of esters is 2. The maximum atomic E-state index is 10.1. The quantitative estimate of drug-likeness (QED) is 0.526. The molecule has 82 valence electrons. The van der Waals surface area contributed by atoms with E-state index in [1.807, 2.05) is 0 Å². The van der Waals surface area contributed by atoms with E-state index in [0.29, 0.717) is 6.61 Å². The monoisotopic (exact) mass is 204 g/mol. The number of hydrogen-bond donors (Lipinski definition) is 1. The summed E-state index contributed by atoms with van der Waals surface area (Å²) < 4.78 is 8.74. The SMILES string of the molecule is C=CC(=O)OCCO.CCOC(C)=O. The van der Waals surface area contributed by atoms with Crippen molar-refractivity contribution >= 4 is 11.9 Å². The zero-order valence-electron chi connectivity index (χ0n) is 8.49. The molecule has 0 fully saturated rings. The van der Waals surface area contributed by atoms with Crippen molar-refractivity contribution in [2.75, 3.05) is 19.8 Å². The van der Waals surface area contributed by atoms with Crippen molar-refractivity contribution in [3.63, 3.8) is 0 Å². The number of aliphatic hydroxyl groups is 1. The predicted molar refractivity (Wildman–Crippen MR) is 50.5 cm³/mol. The zero-order valence-corrected chi connectivity index (χ0v) is 8.49. The Bertz CT molecular complexity index is 176. The van der Waals surface area contributed by atoms with Gasteiger partial charge < -0.3 is 14.6 Å². The van der Waals surface area contributed by atoms with Crippen molar-refractivity contribution in [3.8, 4) is 0 Å². The van der Waals surface area contributed by atoms with Gasteiger partial charge in [-0.15, -0.1) is 0 Å². The highest BCUT2D eigenvalue weighted by Crippen LogP contribution is 1.75. The van der Waals surface area contributed by atoms with Crippen molar-refractivity contribution in [3.05, 3.63) is 12.7 Å². The Morgan fingerprint density at radius 2 is 2.00 bits per heavy atom. The van der Waals surface area contributed by atoms with E-state index < -0.39 is 5.97 Å². The Morgan fingerprint density at radius 3 is 2.21 bits per heavy atom. The van der Waals surface area contributed by atoms with E-state index >= 15 is 0 Å². The van der Waals surface area contributed by atoms with Gasteiger partial charge in [0.2, 0.25) is 0 Å². The predicted octanol–water partition coefficient (Wildman–Crippen LogP) is 0.277. The Kier molecular flexibility index (Phi) is 12.6. The fraction of sp³-hybridized carbons (Fsp3) is 0.556. The average molecular weight is 204 g/mol. The molecule has 0 saturated heterocycles. The topological polar surface area (TPSA) is 72.8 Å². The van der Waals surface area contributed by atoms with Crippen molar-refractivity contribution in [1.82, 2.24) is 0 Å². The van der Waals surface area contributed by atoms with Gasteiger partial charge in [0, 0.05) is 13.0 Å². The fourth-order valence-corrected chi connectivity index (χ4v) is 0.408. The van der Waals surface area contributed by atoms with Gasteiger partial charge in [-0.3, -0.25) is 4.79 Å². The lowest BCUT2D eigenvalue weighted by molar-refractivity contribution is -0.140. The lowest BCUT2D eigenvalue weighted by Crippen LogP contribution is -2.04. The molecule has 0 radical (unpaired) electrons. The molecule has 0 aromatic heterocycles. The number of carbonyl (C=O) groups is 2. The molecule has 0 atom stereocenters. The van der Waals surface area contributed by atoms with Crippen molar-refractivity contribution < 1.29 is 24.2 Å². The first kappa shape index (κ1) is 15.1. The number of rotatable bonds is 4. The molecule has 0 amide bonds. The third-order valence-electron chi connectivity index (χ3n) is 0.850. The van der Waals surface area contributed by atoms with Crippen LogP contribution in [-0.2, 0) is 19.1 Å². The second-order valence-electron chi connectivity index (χ2n) is 2.02. The van der Waals surface area contributed by atoms with E-state index in [-0.39, 0.29) is 19.2 Å². The molecule has 0 unspecified atom stereocenters. The molecule has 0 aliphatic rings. The summed E-state index contributed by atoms with van der Waals surface area (Å²) in [7, 11) is 0. The van der Waals surface area contributed by atoms with Crippen LogP contribution in [0.25, 0.3) is 0 Å². The zero-order chi connectivity index (χ0) is 11.4. The molecule has 0 bridgehead atoms. The Balaban J connectivity index is 0. The normalized spacial score (nSPS) is 7.93. The molecular weight excluding hydrogens is 188 g/mol. The molecule has 0 aromatic carbocycles. The van der Waals surface area contributed by atoms with Crippen molar-refractivity contribution in [2.24, 2.45) is 0 Å². The summed E-state index contributed by atoms with van der Waals surface area (Å²) in [6.07, 6.45) is 1.05. The Labute approximate surface area is 83.3 Å². The summed E-state index contributed by atoms with van der Waals surface area (Å²) in [5, 5.41) is 8.10. The molecule has 1 N–H and O–H groups in total. The van der Waals surface area contributed by atoms with E-state index in [0.717, 1.165) is 6.08 Å². The van der Waals surface area contributed by atoms with E-state index in [4.69, 9.17) is 5.11 Å². The standard InChI is InChI=1S/C5H8O3.C4H8O2/c1-2-5(7)8-4-3-6;1-3-6-4(2)5/h2,6H,1,3-4H2;3H2,1-2H3. The molecule has 0 spiro atoms. The van der Waals surface area contributed by atoms with Crippen LogP contribution in [0, 0.1) is 0 Å². The lowest BCUT2D eigenvalue weighted by atomic mass is 10.6. The minimum atomic E-state index is -0.501. The van der Waals surface area contributed by atoms with E-state index in [2.05, 4.69) is 16.1 Å². The molecule has 0 aliphatic heterocycles. The maximum Gasteiger partial charge on any atom is 0.330 e. The van der Waals surface area contributed by atoms with Crippen LogP contribution in [0.3, 0.4) is 0 Å². The Morgan fingerprint density at radius 1 is 1.43 bits per heavy atom. The van der Waals surface area contributed by atoms with Crippen molar-refractivity contribution in [2.45, 2.75) is 13.8 Å². The van der Waals surface area contributed by atoms with Gasteiger partial charge in [-0.05, 0) is 6.92 Å². The van der Waals surface area contributed by atoms with Gasteiger partial charge in [0.1, 0.15) is 6.61 Å². The van der Waals surface area contributed by atoms with Gasteiger partial charge in [0.25, 0.3) is 0 Å². The molecule has 0 heterocycles. The van der Waals surface area contributed by atoms with E-state index in [1.54, 1.807) is 6.92 Å². The highest BCUT2D eigenvalue weighted by atomic mass is 16.5. The molecule has 5 heteroatoms. The van der Waals surface area contributed by atoms with E-state index in [1.165, 1.54) is 6.92 Å². The lowest BCUT2D eigenvalue weighted by Gasteiger charge is -1.94. The van der Waals surface area contributed by atoms with Crippen LogP contribution < -0.4 is 0 Å². The third kappa shape index (κ3) is 16.9. The third-order valence-corrected chi connectivity index (χ3v) is 0.850. The summed E-state index contributed by atoms with van der Waals surface area (Å²) >= 11 is 0. The number of ether oxygens (including phenoxy) is 2. The highest BCUT2D eigenvalue weighted by molar-refractivity contribution is 5.81. The number of carbonyl (C=O) groups excluding carboxylic acids is 2. The van der Waals surface area contributed by atoms with Gasteiger partial charge in [-0.1, -0.05) is 6.58 Å². The summed E-state index contributed by atoms with van der Waals surface area (Å²) in [6, 6.07) is 0. The van der Waals surface area contributed by atoms with Crippen LogP contribution in [0.5, 0.6) is 0 Å². The Hall–Kier alpha value is -1.36. The van der Waals surface area contributed by atoms with Crippen LogP contribution in [-0.4, -0.2) is 36.9 Å². The summed E-state index contributed by atoms with van der Waals surface area (Å²) in [4.78, 5) is 19.9. The first-order valence-electron chi connectivity index (χ1n) is 4.11. The molecular formula is C9H16O5. The number of hydrogen-bond acceptors (Lipinski definition) is 5. The largest absolute Gasteiger partial charge is 0.466 e. The minimum absolute atomic E-state index is 0.0465. The average Bonchev–Trinajstić information content (AvgIpc) is 2.15. The van der Waals surface area contributed by atoms with Crippen LogP contribution >= 0.6 is 0 Å². The van der Waals surface area contributed by atoms with Crippen molar-refractivity contribution in [1.29, 1.82) is 0 Å². The number of aliphatic hydroxyl groups excluding tert-OH is 1. The summed E-state index contributed by atoms with van der Waals surface area (Å²) in [6.45, 7) is 6.72. The minimum Gasteiger partial charge on any atom is -0.466 e. The second-order valence-corrected chi connectivity index (χ2v) is 2.02. The summed E-state index contributed by atoms with van der Waals surface area (Å²) in [5.41, 5.74) is 0. The fourth-order valence-electron chi connectivity index (χ4n) is 0.408. The first-order valence-corrected chi connectivity index (χ1v) is 4.11. The van der Waals surface area contributed by atoms with E-state index in [9.17, 15) is 9.59 Å². The van der Waals surface area contributed by atoms with Crippen LogP contribution in [0.2, 0.25) is 0 Å². The second kappa shape index (κ2) is 11.6. The van der Waals surface area contributed by atoms with Gasteiger partial charge >= 0.3 is 11.9 Å². The van der Waals surface area contributed by atoms with Gasteiger partial charge in [-0.2, -0.15) is 0 Å². The maximum absolute atomic E-state index is 10.1. The molecule has 0 rings (SSSR count). The smallest absolute Gasteiger partial charge is 0.330 e. The van der Waals surface area contributed by atoms with Gasteiger partial charge in [0.05, 0.1) is 13.2 Å². The molecule has 5 nitrogen and oxygen atoms in total.